The molecule has 1 heterocycles. The van der Waals surface area contributed by atoms with Crippen molar-refractivity contribution in [3.8, 4) is 0 Å². The van der Waals surface area contributed by atoms with Crippen LogP contribution in [0.25, 0.3) is 0 Å². The van der Waals surface area contributed by atoms with E-state index in [0.717, 1.165) is 12.1 Å². The summed E-state index contributed by atoms with van der Waals surface area (Å²) in [7, 11) is -3.91. The van der Waals surface area contributed by atoms with Crippen LogP contribution in [0.2, 0.25) is 5.02 Å². The molecule has 0 aliphatic carbocycles. The Kier molecular flexibility index (Phi) is 4.45. The number of amides is 1. The fraction of sp³-hybridized carbons (Fsp3) is 0.364. The van der Waals surface area contributed by atoms with Crippen LogP contribution in [0.1, 0.15) is 12.8 Å². The van der Waals surface area contributed by atoms with Crippen LogP contribution in [-0.4, -0.2) is 31.8 Å². The molecule has 1 aliphatic heterocycles. The normalized spacial score (nSPS) is 19.1. The third-order valence-electron chi connectivity index (χ3n) is 3.01. The molecular formula is C11H12ClN3O5S. The smallest absolute Gasteiger partial charge is 0.289 e. The van der Waals surface area contributed by atoms with E-state index in [4.69, 9.17) is 11.6 Å². The first-order chi connectivity index (χ1) is 9.79. The van der Waals surface area contributed by atoms with E-state index >= 15 is 0 Å². The zero-order chi connectivity index (χ0) is 15.6. The van der Waals surface area contributed by atoms with Gasteiger partial charge in [0, 0.05) is 25.1 Å². The summed E-state index contributed by atoms with van der Waals surface area (Å²) in [5.41, 5.74) is -0.475. The van der Waals surface area contributed by atoms with Crippen LogP contribution < -0.4 is 10.0 Å². The van der Waals surface area contributed by atoms with Gasteiger partial charge in [0.05, 0.1) is 9.82 Å². The molecule has 1 aromatic rings. The maximum atomic E-state index is 12.2. The van der Waals surface area contributed by atoms with Gasteiger partial charge in [0.2, 0.25) is 15.9 Å². The molecule has 1 amide bonds. The largest absolute Gasteiger partial charge is 0.355 e. The fourth-order valence-corrected chi connectivity index (χ4v) is 3.40. The minimum absolute atomic E-state index is 0.132. The van der Waals surface area contributed by atoms with Crippen LogP contribution >= 0.6 is 11.6 Å². The SMILES string of the molecule is O=C1CCC(NS(=O)(=O)c2ccc(Cl)c([N+](=O)[O-])c2)CN1. The zero-order valence-corrected chi connectivity index (χ0v) is 12.3. The van der Waals surface area contributed by atoms with Gasteiger partial charge in [-0.1, -0.05) is 11.6 Å². The number of nitro benzene ring substituents is 1. The van der Waals surface area contributed by atoms with Crippen LogP contribution in [0.4, 0.5) is 5.69 Å². The Labute approximate surface area is 125 Å². The molecule has 0 aromatic heterocycles. The van der Waals surface area contributed by atoms with E-state index in [1.807, 2.05) is 0 Å². The third kappa shape index (κ3) is 3.69. The van der Waals surface area contributed by atoms with Crippen molar-refractivity contribution in [3.05, 3.63) is 33.3 Å². The number of hydrogen-bond acceptors (Lipinski definition) is 5. The maximum absolute atomic E-state index is 12.2. The highest BCUT2D eigenvalue weighted by Crippen LogP contribution is 2.27. The second-order valence-electron chi connectivity index (χ2n) is 4.53. The lowest BCUT2D eigenvalue weighted by atomic mass is 10.1. The third-order valence-corrected chi connectivity index (χ3v) is 4.85. The Balaban J connectivity index is 2.21. The molecule has 1 saturated heterocycles. The lowest BCUT2D eigenvalue weighted by molar-refractivity contribution is -0.384. The zero-order valence-electron chi connectivity index (χ0n) is 10.7. The van der Waals surface area contributed by atoms with Gasteiger partial charge in [0.15, 0.2) is 0 Å². The van der Waals surface area contributed by atoms with Crippen molar-refractivity contribution in [2.45, 2.75) is 23.8 Å². The van der Waals surface area contributed by atoms with Crippen molar-refractivity contribution in [2.75, 3.05) is 6.54 Å². The van der Waals surface area contributed by atoms with Crippen molar-refractivity contribution in [1.29, 1.82) is 0 Å². The van der Waals surface area contributed by atoms with Gasteiger partial charge in [-0.05, 0) is 18.6 Å². The first kappa shape index (κ1) is 15.7. The van der Waals surface area contributed by atoms with Gasteiger partial charge in [-0.3, -0.25) is 14.9 Å². The Morgan fingerprint density at radius 3 is 2.71 bits per heavy atom. The number of halogens is 1. The van der Waals surface area contributed by atoms with E-state index in [-0.39, 0.29) is 28.8 Å². The lowest BCUT2D eigenvalue weighted by Gasteiger charge is -2.23. The van der Waals surface area contributed by atoms with Crippen molar-refractivity contribution in [1.82, 2.24) is 10.0 Å². The minimum Gasteiger partial charge on any atom is -0.355 e. The Morgan fingerprint density at radius 2 is 2.14 bits per heavy atom. The Morgan fingerprint density at radius 1 is 1.43 bits per heavy atom. The molecule has 8 nitrogen and oxygen atoms in total. The highest BCUT2D eigenvalue weighted by molar-refractivity contribution is 7.89. The topological polar surface area (TPSA) is 118 Å². The average Bonchev–Trinajstić information content (AvgIpc) is 2.41. The first-order valence-electron chi connectivity index (χ1n) is 6.02. The van der Waals surface area contributed by atoms with E-state index in [2.05, 4.69) is 10.0 Å². The van der Waals surface area contributed by atoms with Crippen LogP contribution in [0.15, 0.2) is 23.1 Å². The summed E-state index contributed by atoms with van der Waals surface area (Å²) in [6.07, 6.45) is 0.606. The molecule has 21 heavy (non-hydrogen) atoms. The number of benzene rings is 1. The van der Waals surface area contributed by atoms with E-state index in [0.29, 0.717) is 6.42 Å². The molecule has 1 unspecified atom stereocenters. The molecule has 0 saturated carbocycles. The Hall–Kier alpha value is -1.71. The van der Waals surface area contributed by atoms with E-state index in [9.17, 15) is 23.3 Å². The molecule has 10 heteroatoms. The molecular weight excluding hydrogens is 322 g/mol. The number of hydrogen-bond donors (Lipinski definition) is 2. The van der Waals surface area contributed by atoms with Crippen LogP contribution in [0.3, 0.4) is 0 Å². The van der Waals surface area contributed by atoms with Gasteiger partial charge in [-0.25, -0.2) is 13.1 Å². The summed E-state index contributed by atoms with van der Waals surface area (Å²) in [6.45, 7) is 0.188. The standard InChI is InChI=1S/C11H12ClN3O5S/c12-9-3-2-8(5-10(9)15(17)18)21(19,20)14-7-1-4-11(16)13-6-7/h2-3,5,7,14H,1,4,6H2,(H,13,16). The number of sulfonamides is 1. The molecule has 0 spiro atoms. The summed E-state index contributed by atoms with van der Waals surface area (Å²) in [5, 5.41) is 13.2. The molecule has 2 N–H and O–H groups in total. The molecule has 114 valence electrons. The summed E-state index contributed by atoms with van der Waals surface area (Å²) < 4.78 is 26.8. The molecule has 1 aliphatic rings. The lowest BCUT2D eigenvalue weighted by Crippen LogP contribution is -2.47. The number of piperidine rings is 1. The van der Waals surface area contributed by atoms with Crippen molar-refractivity contribution < 1.29 is 18.1 Å². The van der Waals surface area contributed by atoms with E-state index in [1.165, 1.54) is 6.07 Å². The monoisotopic (exact) mass is 333 g/mol. The van der Waals surface area contributed by atoms with Crippen molar-refractivity contribution in [3.63, 3.8) is 0 Å². The molecule has 0 radical (unpaired) electrons. The second kappa shape index (κ2) is 5.96. The fourth-order valence-electron chi connectivity index (χ4n) is 1.92. The maximum Gasteiger partial charge on any atom is 0.289 e. The molecule has 1 aromatic carbocycles. The highest BCUT2D eigenvalue weighted by atomic mass is 35.5. The number of nitrogens with zero attached hydrogens (tertiary/aromatic N) is 1. The number of nitrogens with one attached hydrogen (secondary N) is 2. The predicted octanol–water partition coefficient (Wildman–Crippen LogP) is 0.805. The molecule has 0 bridgehead atoms. The van der Waals surface area contributed by atoms with Gasteiger partial charge in [0.25, 0.3) is 5.69 Å². The van der Waals surface area contributed by atoms with Crippen molar-refractivity contribution >= 4 is 33.2 Å². The molecule has 1 fully saturated rings. The van der Waals surface area contributed by atoms with E-state index < -0.39 is 26.7 Å². The number of carbonyl (C=O) groups is 1. The van der Waals surface area contributed by atoms with Gasteiger partial charge >= 0.3 is 0 Å². The minimum atomic E-state index is -3.91. The first-order valence-corrected chi connectivity index (χ1v) is 7.88. The molecule has 2 rings (SSSR count). The van der Waals surface area contributed by atoms with Crippen LogP contribution in [-0.2, 0) is 14.8 Å². The number of carbonyl (C=O) groups excluding carboxylic acids is 1. The predicted molar refractivity (Wildman–Crippen MR) is 74.5 cm³/mol. The summed E-state index contributed by atoms with van der Waals surface area (Å²) in [6, 6.07) is 2.82. The van der Waals surface area contributed by atoms with E-state index in [1.54, 1.807) is 0 Å². The van der Waals surface area contributed by atoms with Gasteiger partial charge in [-0.15, -0.1) is 0 Å². The van der Waals surface area contributed by atoms with Gasteiger partial charge in [-0.2, -0.15) is 0 Å². The highest BCUT2D eigenvalue weighted by Gasteiger charge is 2.26. The average molecular weight is 334 g/mol. The molecule has 1 atom stereocenters. The van der Waals surface area contributed by atoms with Gasteiger partial charge < -0.3 is 5.32 Å². The summed E-state index contributed by atoms with van der Waals surface area (Å²) in [4.78, 5) is 20.8. The van der Waals surface area contributed by atoms with Crippen LogP contribution in [0, 0.1) is 10.1 Å². The summed E-state index contributed by atoms with van der Waals surface area (Å²) >= 11 is 5.64. The second-order valence-corrected chi connectivity index (χ2v) is 6.65. The van der Waals surface area contributed by atoms with Crippen molar-refractivity contribution in [2.24, 2.45) is 0 Å². The van der Waals surface area contributed by atoms with Crippen LogP contribution in [0.5, 0.6) is 0 Å². The number of nitro groups is 1. The quantitative estimate of drug-likeness (QED) is 0.624. The summed E-state index contributed by atoms with van der Waals surface area (Å²) in [5.74, 6) is -0.132. The Bertz CT molecular complexity index is 681. The number of rotatable bonds is 4. The van der Waals surface area contributed by atoms with Gasteiger partial charge in [0.1, 0.15) is 5.02 Å².